The predicted molar refractivity (Wildman–Crippen MR) is 65.4 cm³/mol. The highest BCUT2D eigenvalue weighted by atomic mass is 32.1. The molecule has 1 atom stereocenters. The Morgan fingerprint density at radius 1 is 1.61 bits per heavy atom. The number of carbonyl (C=O) groups is 2. The van der Waals surface area contributed by atoms with E-state index in [1.807, 2.05) is 0 Å². The number of carbonyl (C=O) groups excluding carboxylic acids is 1. The summed E-state index contributed by atoms with van der Waals surface area (Å²) in [5.41, 5.74) is 0. The standard InChI is InChI=1S/C10H15N3O4S/c1-17-4-2-7(9(14)15)13-10(16)12-6-8-11-3-5-18-8/h3,5,7H,2,4,6H2,1H3,(H,14,15)(H2,12,13,16). The van der Waals surface area contributed by atoms with Crippen LogP contribution in [0.4, 0.5) is 4.79 Å². The van der Waals surface area contributed by atoms with E-state index in [1.165, 1.54) is 18.4 Å². The smallest absolute Gasteiger partial charge is 0.326 e. The van der Waals surface area contributed by atoms with Crippen molar-refractivity contribution < 1.29 is 19.4 Å². The number of hydrogen-bond donors (Lipinski definition) is 3. The molecular weight excluding hydrogens is 258 g/mol. The van der Waals surface area contributed by atoms with E-state index in [2.05, 4.69) is 15.6 Å². The van der Waals surface area contributed by atoms with Crippen molar-refractivity contribution in [3.8, 4) is 0 Å². The topological polar surface area (TPSA) is 101 Å². The molecule has 0 aliphatic carbocycles. The van der Waals surface area contributed by atoms with Crippen molar-refractivity contribution in [1.29, 1.82) is 0 Å². The van der Waals surface area contributed by atoms with Crippen LogP contribution >= 0.6 is 11.3 Å². The molecule has 0 fully saturated rings. The molecule has 0 bridgehead atoms. The number of urea groups is 1. The molecule has 1 aromatic rings. The summed E-state index contributed by atoms with van der Waals surface area (Å²) in [6, 6.07) is -1.49. The van der Waals surface area contributed by atoms with E-state index in [-0.39, 0.29) is 19.6 Å². The Hall–Kier alpha value is -1.67. The second-order valence-corrected chi connectivity index (χ2v) is 4.40. The highest BCUT2D eigenvalue weighted by molar-refractivity contribution is 7.09. The highest BCUT2D eigenvalue weighted by Crippen LogP contribution is 2.02. The summed E-state index contributed by atoms with van der Waals surface area (Å²) in [4.78, 5) is 26.3. The van der Waals surface area contributed by atoms with Crippen molar-refractivity contribution in [3.63, 3.8) is 0 Å². The maximum atomic E-state index is 11.5. The Labute approximate surface area is 108 Å². The van der Waals surface area contributed by atoms with Gasteiger partial charge in [0.15, 0.2) is 0 Å². The molecule has 100 valence electrons. The van der Waals surface area contributed by atoms with Gasteiger partial charge in [0.1, 0.15) is 11.0 Å². The van der Waals surface area contributed by atoms with E-state index in [1.54, 1.807) is 11.6 Å². The van der Waals surface area contributed by atoms with Crippen LogP contribution in [-0.4, -0.2) is 41.8 Å². The second-order valence-electron chi connectivity index (χ2n) is 3.43. The van der Waals surface area contributed by atoms with Gasteiger partial charge in [-0.15, -0.1) is 11.3 Å². The van der Waals surface area contributed by atoms with Crippen LogP contribution in [0.1, 0.15) is 11.4 Å². The number of hydrogen-bond acceptors (Lipinski definition) is 5. The SMILES string of the molecule is COCCC(NC(=O)NCc1nccs1)C(=O)O. The van der Waals surface area contributed by atoms with Crippen molar-refractivity contribution in [2.24, 2.45) is 0 Å². The molecule has 1 aromatic heterocycles. The first-order valence-electron chi connectivity index (χ1n) is 5.28. The van der Waals surface area contributed by atoms with Gasteiger partial charge in [-0.05, 0) is 0 Å². The number of nitrogens with one attached hydrogen (secondary N) is 2. The van der Waals surface area contributed by atoms with Gasteiger partial charge < -0.3 is 20.5 Å². The Morgan fingerprint density at radius 2 is 2.39 bits per heavy atom. The molecule has 0 saturated carbocycles. The summed E-state index contributed by atoms with van der Waals surface area (Å²) in [6.07, 6.45) is 1.86. The summed E-state index contributed by atoms with van der Waals surface area (Å²) in [6.45, 7) is 0.545. The minimum absolute atomic E-state index is 0.219. The molecule has 2 amide bonds. The summed E-state index contributed by atoms with van der Waals surface area (Å²) in [5.74, 6) is -1.09. The Kier molecular flexibility index (Phi) is 6.09. The van der Waals surface area contributed by atoms with Gasteiger partial charge in [0.05, 0.1) is 6.54 Å². The monoisotopic (exact) mass is 273 g/mol. The number of methoxy groups -OCH3 is 1. The summed E-state index contributed by atoms with van der Waals surface area (Å²) in [7, 11) is 1.47. The number of aromatic nitrogens is 1. The lowest BCUT2D eigenvalue weighted by Crippen LogP contribution is -2.46. The maximum absolute atomic E-state index is 11.5. The van der Waals surface area contributed by atoms with Crippen LogP contribution in [0.2, 0.25) is 0 Å². The zero-order valence-corrected chi connectivity index (χ0v) is 10.7. The number of carboxylic acid groups (broad SMARTS) is 1. The van der Waals surface area contributed by atoms with Gasteiger partial charge in [-0.2, -0.15) is 0 Å². The first-order valence-corrected chi connectivity index (χ1v) is 6.16. The fourth-order valence-electron chi connectivity index (χ4n) is 1.20. The predicted octanol–water partition coefficient (Wildman–Crippen LogP) is 0.432. The van der Waals surface area contributed by atoms with E-state index < -0.39 is 18.0 Å². The molecule has 1 heterocycles. The van der Waals surface area contributed by atoms with Gasteiger partial charge in [-0.25, -0.2) is 14.6 Å². The quantitative estimate of drug-likeness (QED) is 0.669. The molecule has 0 aliphatic heterocycles. The van der Waals surface area contributed by atoms with Crippen molar-refractivity contribution >= 4 is 23.3 Å². The normalized spacial score (nSPS) is 11.8. The fraction of sp³-hybridized carbons (Fsp3) is 0.500. The maximum Gasteiger partial charge on any atom is 0.326 e. The minimum Gasteiger partial charge on any atom is -0.480 e. The first kappa shape index (κ1) is 14.4. The molecule has 7 nitrogen and oxygen atoms in total. The molecule has 0 saturated heterocycles. The van der Waals surface area contributed by atoms with Crippen molar-refractivity contribution in [1.82, 2.24) is 15.6 Å². The number of thiazole rings is 1. The summed E-state index contributed by atoms with van der Waals surface area (Å²) >= 11 is 1.41. The van der Waals surface area contributed by atoms with Gasteiger partial charge in [0.25, 0.3) is 0 Å². The number of ether oxygens (including phenoxy) is 1. The van der Waals surface area contributed by atoms with Gasteiger partial charge in [-0.3, -0.25) is 0 Å². The number of carboxylic acids is 1. The molecule has 0 aliphatic rings. The summed E-state index contributed by atoms with van der Waals surface area (Å²) < 4.78 is 4.78. The molecule has 0 radical (unpaired) electrons. The Morgan fingerprint density at radius 3 is 2.94 bits per heavy atom. The van der Waals surface area contributed by atoms with E-state index in [4.69, 9.17) is 9.84 Å². The lowest BCUT2D eigenvalue weighted by molar-refractivity contribution is -0.139. The molecule has 8 heteroatoms. The lowest BCUT2D eigenvalue weighted by Gasteiger charge is -2.14. The Bertz CT molecular complexity index is 382. The van der Waals surface area contributed by atoms with Crippen molar-refractivity contribution in [2.75, 3.05) is 13.7 Å². The number of rotatable bonds is 7. The van der Waals surface area contributed by atoms with Crippen LogP contribution < -0.4 is 10.6 Å². The molecule has 1 unspecified atom stereocenters. The van der Waals surface area contributed by atoms with Gasteiger partial charge in [0, 0.05) is 31.7 Å². The van der Waals surface area contributed by atoms with Gasteiger partial charge in [-0.1, -0.05) is 0 Å². The summed E-state index contributed by atoms with van der Waals surface area (Å²) in [5, 5.41) is 16.4. The lowest BCUT2D eigenvalue weighted by atomic mass is 10.2. The molecule has 0 aromatic carbocycles. The Balaban J connectivity index is 2.34. The van der Waals surface area contributed by atoms with Crippen LogP contribution in [0.25, 0.3) is 0 Å². The third-order valence-corrected chi connectivity index (χ3v) is 2.88. The second kappa shape index (κ2) is 7.62. The third-order valence-electron chi connectivity index (χ3n) is 2.10. The van der Waals surface area contributed by atoms with Gasteiger partial charge >= 0.3 is 12.0 Å². The zero-order chi connectivity index (χ0) is 13.4. The van der Waals surface area contributed by atoms with Crippen LogP contribution in [0, 0.1) is 0 Å². The third kappa shape index (κ3) is 5.11. The van der Waals surface area contributed by atoms with Crippen LogP contribution in [0.5, 0.6) is 0 Å². The van der Waals surface area contributed by atoms with Crippen molar-refractivity contribution in [3.05, 3.63) is 16.6 Å². The molecule has 18 heavy (non-hydrogen) atoms. The van der Waals surface area contributed by atoms with Crippen molar-refractivity contribution in [2.45, 2.75) is 19.0 Å². The van der Waals surface area contributed by atoms with Gasteiger partial charge in [0.2, 0.25) is 0 Å². The number of nitrogens with zero attached hydrogens (tertiary/aromatic N) is 1. The first-order chi connectivity index (χ1) is 8.63. The zero-order valence-electron chi connectivity index (χ0n) is 9.88. The average Bonchev–Trinajstić information content (AvgIpc) is 2.84. The highest BCUT2D eigenvalue weighted by Gasteiger charge is 2.19. The van der Waals surface area contributed by atoms with E-state index in [0.29, 0.717) is 0 Å². The van der Waals surface area contributed by atoms with E-state index >= 15 is 0 Å². The minimum atomic E-state index is -1.09. The van der Waals surface area contributed by atoms with Crippen LogP contribution in [0.3, 0.4) is 0 Å². The molecule has 3 N–H and O–H groups in total. The van der Waals surface area contributed by atoms with E-state index in [0.717, 1.165) is 5.01 Å². The van der Waals surface area contributed by atoms with Crippen LogP contribution in [-0.2, 0) is 16.1 Å². The molecule has 1 rings (SSSR count). The molecular formula is C10H15N3O4S. The largest absolute Gasteiger partial charge is 0.480 e. The average molecular weight is 273 g/mol. The van der Waals surface area contributed by atoms with E-state index in [9.17, 15) is 9.59 Å². The fourth-order valence-corrected chi connectivity index (χ4v) is 1.75. The number of amides is 2. The molecule has 0 spiro atoms. The number of aliphatic carboxylic acids is 1. The van der Waals surface area contributed by atoms with Crippen LogP contribution in [0.15, 0.2) is 11.6 Å².